The number of aryl methyl sites for hydroxylation is 2. The lowest BCUT2D eigenvalue weighted by Crippen LogP contribution is -2.42. The number of hydrogen-bond acceptors (Lipinski definition) is 5. The second-order valence-electron chi connectivity index (χ2n) is 7.12. The first-order chi connectivity index (χ1) is 14.9. The largest absolute Gasteiger partial charge is 0.497 e. The molecule has 4 rings (SSSR count). The third kappa shape index (κ3) is 4.23. The molecule has 8 nitrogen and oxygen atoms in total. The Balaban J connectivity index is 1.45. The Morgan fingerprint density at radius 3 is 2.42 bits per heavy atom. The van der Waals surface area contributed by atoms with Gasteiger partial charge in [-0.15, -0.1) is 0 Å². The average Bonchev–Trinajstić information content (AvgIpc) is 3.27. The molecule has 2 heterocycles. The summed E-state index contributed by atoms with van der Waals surface area (Å²) >= 11 is 0. The van der Waals surface area contributed by atoms with Gasteiger partial charge in [-0.05, 0) is 62.4 Å². The quantitative estimate of drug-likeness (QED) is 0.443. The average molecular weight is 415 g/mol. The van der Waals surface area contributed by atoms with Crippen molar-refractivity contribution in [2.75, 3.05) is 7.11 Å². The van der Waals surface area contributed by atoms with Gasteiger partial charge in [-0.1, -0.05) is 11.6 Å². The zero-order chi connectivity index (χ0) is 22.0. The van der Waals surface area contributed by atoms with E-state index in [2.05, 4.69) is 26.0 Å². The van der Waals surface area contributed by atoms with E-state index < -0.39 is 11.8 Å². The molecule has 0 radical (unpaired) electrons. The Bertz CT molecular complexity index is 1280. The first kappa shape index (κ1) is 20.1. The fourth-order valence-electron chi connectivity index (χ4n) is 3.22. The molecule has 0 unspecified atom stereocenters. The normalized spacial score (nSPS) is 10.7. The molecule has 0 fully saturated rings. The van der Waals surface area contributed by atoms with E-state index in [0.717, 1.165) is 27.8 Å². The summed E-state index contributed by atoms with van der Waals surface area (Å²) in [6.07, 6.45) is 0. The SMILES string of the molecule is COc1ccc(-c2cc(C(=O)NNC(=O)c3cc4cc(C)ccc4nc3C)[nH]n2)cc1. The lowest BCUT2D eigenvalue weighted by molar-refractivity contribution is 0.0843. The predicted molar refractivity (Wildman–Crippen MR) is 117 cm³/mol. The highest BCUT2D eigenvalue weighted by molar-refractivity contribution is 6.01. The molecular formula is C23H21N5O3. The van der Waals surface area contributed by atoms with Gasteiger partial charge in [0.2, 0.25) is 0 Å². The van der Waals surface area contributed by atoms with Crippen LogP contribution in [-0.2, 0) is 0 Å². The van der Waals surface area contributed by atoms with Gasteiger partial charge in [-0.3, -0.25) is 30.5 Å². The van der Waals surface area contributed by atoms with Crippen molar-refractivity contribution in [3.05, 3.63) is 77.1 Å². The van der Waals surface area contributed by atoms with Crippen molar-refractivity contribution < 1.29 is 14.3 Å². The molecule has 4 aromatic rings. The Hall–Kier alpha value is -4.20. The molecule has 0 saturated carbocycles. The van der Waals surface area contributed by atoms with Crippen molar-refractivity contribution in [3.8, 4) is 17.0 Å². The summed E-state index contributed by atoms with van der Waals surface area (Å²) in [5.74, 6) is -0.229. The summed E-state index contributed by atoms with van der Waals surface area (Å²) in [6, 6.07) is 16.5. The number of fused-ring (bicyclic) bond motifs is 1. The summed E-state index contributed by atoms with van der Waals surface area (Å²) < 4.78 is 5.14. The number of hydrazine groups is 1. The van der Waals surface area contributed by atoms with E-state index in [1.165, 1.54) is 0 Å². The van der Waals surface area contributed by atoms with Crippen LogP contribution in [0.2, 0.25) is 0 Å². The lowest BCUT2D eigenvalue weighted by Gasteiger charge is -2.09. The van der Waals surface area contributed by atoms with Crippen molar-refractivity contribution in [1.29, 1.82) is 0 Å². The number of carbonyl (C=O) groups excluding carboxylic acids is 2. The molecule has 0 atom stereocenters. The first-order valence-corrected chi connectivity index (χ1v) is 9.63. The minimum Gasteiger partial charge on any atom is -0.497 e. The minimum atomic E-state index is -0.511. The Kier molecular flexibility index (Phi) is 5.36. The number of aromatic amines is 1. The number of pyridine rings is 1. The molecule has 8 heteroatoms. The summed E-state index contributed by atoms with van der Waals surface area (Å²) in [4.78, 5) is 29.5. The van der Waals surface area contributed by atoms with Crippen LogP contribution >= 0.6 is 0 Å². The number of aromatic nitrogens is 3. The molecule has 156 valence electrons. The van der Waals surface area contributed by atoms with E-state index in [4.69, 9.17) is 4.74 Å². The van der Waals surface area contributed by atoms with Crippen molar-refractivity contribution >= 4 is 22.7 Å². The Morgan fingerprint density at radius 2 is 1.68 bits per heavy atom. The van der Waals surface area contributed by atoms with Crippen molar-refractivity contribution in [2.24, 2.45) is 0 Å². The zero-order valence-corrected chi connectivity index (χ0v) is 17.3. The van der Waals surface area contributed by atoms with Crippen LogP contribution in [-0.4, -0.2) is 34.1 Å². The van der Waals surface area contributed by atoms with Crippen LogP contribution in [0, 0.1) is 13.8 Å². The van der Waals surface area contributed by atoms with Gasteiger partial charge in [0.15, 0.2) is 0 Å². The molecule has 31 heavy (non-hydrogen) atoms. The molecule has 3 N–H and O–H groups in total. The molecule has 0 spiro atoms. The van der Waals surface area contributed by atoms with Gasteiger partial charge in [0.1, 0.15) is 11.4 Å². The predicted octanol–water partition coefficient (Wildman–Crippen LogP) is 3.33. The maximum absolute atomic E-state index is 12.6. The van der Waals surface area contributed by atoms with E-state index in [1.54, 1.807) is 26.2 Å². The topological polar surface area (TPSA) is 109 Å². The highest BCUT2D eigenvalue weighted by Gasteiger charge is 2.15. The number of rotatable bonds is 4. The first-order valence-electron chi connectivity index (χ1n) is 9.63. The van der Waals surface area contributed by atoms with Crippen molar-refractivity contribution in [3.63, 3.8) is 0 Å². The highest BCUT2D eigenvalue weighted by atomic mass is 16.5. The van der Waals surface area contributed by atoms with Gasteiger partial charge >= 0.3 is 0 Å². The number of methoxy groups -OCH3 is 1. The van der Waals surface area contributed by atoms with Gasteiger partial charge in [-0.2, -0.15) is 5.10 Å². The summed E-state index contributed by atoms with van der Waals surface area (Å²) in [5.41, 5.74) is 9.35. The molecule has 0 saturated heterocycles. The molecule has 2 amide bonds. The van der Waals surface area contributed by atoms with E-state index in [1.807, 2.05) is 49.4 Å². The van der Waals surface area contributed by atoms with Gasteiger partial charge in [0.25, 0.3) is 11.8 Å². The Labute approximate surface area is 178 Å². The number of hydrogen-bond donors (Lipinski definition) is 3. The third-order valence-electron chi connectivity index (χ3n) is 4.90. The molecular weight excluding hydrogens is 394 g/mol. The maximum atomic E-state index is 12.6. The highest BCUT2D eigenvalue weighted by Crippen LogP contribution is 2.21. The van der Waals surface area contributed by atoms with Crippen LogP contribution in [0.15, 0.2) is 54.6 Å². The second-order valence-corrected chi connectivity index (χ2v) is 7.12. The number of ether oxygens (including phenoxy) is 1. The summed E-state index contributed by atoms with van der Waals surface area (Å²) in [5, 5.41) is 7.70. The van der Waals surface area contributed by atoms with Gasteiger partial charge < -0.3 is 4.74 Å². The van der Waals surface area contributed by atoms with Gasteiger partial charge in [-0.25, -0.2) is 0 Å². The third-order valence-corrected chi connectivity index (χ3v) is 4.90. The Morgan fingerprint density at radius 1 is 0.935 bits per heavy atom. The fraction of sp³-hybridized carbons (Fsp3) is 0.130. The second kappa shape index (κ2) is 8.27. The monoisotopic (exact) mass is 415 g/mol. The van der Waals surface area contributed by atoms with Crippen LogP contribution in [0.3, 0.4) is 0 Å². The smallest absolute Gasteiger partial charge is 0.287 e. The fourth-order valence-corrected chi connectivity index (χ4v) is 3.22. The van der Waals surface area contributed by atoms with Gasteiger partial charge in [0.05, 0.1) is 29.6 Å². The van der Waals surface area contributed by atoms with Crippen LogP contribution in [0.5, 0.6) is 5.75 Å². The van der Waals surface area contributed by atoms with Crippen LogP contribution in [0.4, 0.5) is 0 Å². The molecule has 0 aliphatic rings. The number of nitrogens with zero attached hydrogens (tertiary/aromatic N) is 2. The number of carbonyl (C=O) groups is 2. The summed E-state index contributed by atoms with van der Waals surface area (Å²) in [6.45, 7) is 3.73. The molecule has 0 aliphatic carbocycles. The van der Waals surface area contributed by atoms with Gasteiger partial charge in [0, 0.05) is 10.9 Å². The van der Waals surface area contributed by atoms with Crippen molar-refractivity contribution in [2.45, 2.75) is 13.8 Å². The van der Waals surface area contributed by atoms with E-state index in [0.29, 0.717) is 17.0 Å². The summed E-state index contributed by atoms with van der Waals surface area (Å²) in [7, 11) is 1.59. The minimum absolute atomic E-state index is 0.218. The van der Waals surface area contributed by atoms with Crippen LogP contribution < -0.4 is 15.6 Å². The molecule has 0 aliphatic heterocycles. The number of amides is 2. The lowest BCUT2D eigenvalue weighted by atomic mass is 10.1. The number of H-pyrrole nitrogens is 1. The van der Waals surface area contributed by atoms with E-state index in [-0.39, 0.29) is 5.69 Å². The molecule has 2 aromatic carbocycles. The van der Waals surface area contributed by atoms with E-state index >= 15 is 0 Å². The van der Waals surface area contributed by atoms with Crippen LogP contribution in [0.25, 0.3) is 22.2 Å². The zero-order valence-electron chi connectivity index (χ0n) is 17.3. The van der Waals surface area contributed by atoms with Crippen molar-refractivity contribution in [1.82, 2.24) is 26.0 Å². The molecule has 2 aromatic heterocycles. The molecule has 0 bridgehead atoms. The van der Waals surface area contributed by atoms with E-state index in [9.17, 15) is 9.59 Å². The standard InChI is InChI=1S/C23H21N5O3/c1-13-4-9-19-16(10-13)11-18(14(2)24-19)22(29)27-28-23(30)21-12-20(25-26-21)15-5-7-17(31-3)8-6-15/h4-12H,1-3H3,(H,25,26)(H,27,29)(H,28,30). The number of benzene rings is 2. The van der Waals surface area contributed by atoms with Crippen LogP contribution in [0.1, 0.15) is 32.1 Å². The number of nitrogens with one attached hydrogen (secondary N) is 3. The maximum Gasteiger partial charge on any atom is 0.287 e.